The largest absolute Gasteiger partial charge is 0.421 e. The lowest BCUT2D eigenvalue weighted by molar-refractivity contribution is -0.138. The number of H-pyrrole nitrogens is 3. The first-order valence-corrected chi connectivity index (χ1v) is 49.4. The molecule has 1 aliphatic carbocycles. The number of aromatic nitrogens is 13. The number of methoxy groups -OCH3 is 3. The molecule has 5 fully saturated rings. The van der Waals surface area contributed by atoms with Gasteiger partial charge in [0.2, 0.25) is 41.3 Å². The number of nitrogens with zero attached hydrogens (tertiary/aromatic N) is 16. The van der Waals surface area contributed by atoms with Crippen molar-refractivity contribution in [2.24, 2.45) is 5.41 Å². The molecule has 8 aromatic carbocycles. The highest BCUT2D eigenvalue weighted by molar-refractivity contribution is 6.04. The van der Waals surface area contributed by atoms with E-state index in [0.29, 0.717) is 185 Å². The first kappa shape index (κ1) is 99.0. The Morgan fingerprint density at radius 3 is 1.45 bits per heavy atom. The molecule has 15 aromatic rings. The zero-order valence-corrected chi connectivity index (χ0v) is 82.3. The number of halogens is 4. The quantitative estimate of drug-likeness (QED) is 0.0299. The molecule has 32 nitrogen and oxygen atoms in total. The second-order valence-corrected chi connectivity index (χ2v) is 39.0. The number of anilines is 2. The zero-order chi connectivity index (χ0) is 102. The number of carbonyl (C=O) groups excluding carboxylic acids is 6. The molecule has 4 saturated heterocycles. The third-order valence-electron chi connectivity index (χ3n) is 29.2. The first-order chi connectivity index (χ1) is 71.3. The molecule has 0 unspecified atom stereocenters. The van der Waals surface area contributed by atoms with Gasteiger partial charge in [-0.05, 0) is 256 Å². The highest BCUT2D eigenvalue weighted by atomic mass is 19.1. The van der Waals surface area contributed by atoms with Crippen LogP contribution < -0.4 is 10.6 Å². The summed E-state index contributed by atoms with van der Waals surface area (Å²) in [6.45, 7) is 12.2. The monoisotopic (exact) mass is 1990 g/mol. The van der Waals surface area contributed by atoms with Crippen molar-refractivity contribution in [3.05, 3.63) is 275 Å². The van der Waals surface area contributed by atoms with E-state index in [4.69, 9.17) is 23.0 Å². The Morgan fingerprint density at radius 2 is 0.932 bits per heavy atom. The van der Waals surface area contributed by atoms with Gasteiger partial charge in [0.05, 0.1) is 65.2 Å². The van der Waals surface area contributed by atoms with Crippen molar-refractivity contribution in [2.75, 3.05) is 137 Å². The molecule has 0 spiro atoms. The van der Waals surface area contributed by atoms with Gasteiger partial charge in [0.1, 0.15) is 34.7 Å². The fourth-order valence-corrected chi connectivity index (χ4v) is 20.7. The summed E-state index contributed by atoms with van der Waals surface area (Å²) in [5, 5.41) is 46.8. The van der Waals surface area contributed by atoms with E-state index in [0.717, 1.165) is 107 Å². The maximum Gasteiger partial charge on any atom is 0.258 e. The number of rotatable bonds is 27. The first-order valence-electron chi connectivity index (χ1n) is 49.4. The molecule has 5 amide bonds. The molecular weight excluding hydrogens is 1880 g/mol. The molecule has 5 N–H and O–H groups in total. The average molecular weight is 1990 g/mol. The standard InChI is InChI=1S/C41H42FN7O3.C35H33F2N7O4.C35H36FN7O4/c1-26-21-44-40(45-22-26)32-7-6-30(19-34(32)42)28-10-14-49(15-11-28)38(51)23-48-16-12-41(24-48,25-52-2)37(50)18-27-3-8-35-33(17-27)39(47-46-35)31-9-13-43-36(20-31)29-4-5-29;1-21-39-42-33(48-21)24-5-9-27(29(37)17-24)22-11-14-44(15-12-22)31(45)19-43-16-13-35(20-43,47-2)34(46)38-26-8-10-30-28(18-26)32(41-40-30)23-3-6-25(36)7-4-23;1-22-38-41-33(47-22)26-5-3-23(4-6-26)24-13-16-43(17-14-24)31(44)20-42-18-15-35(21-42,46-2)34(45)37-28-11-12-30-29(19-28)32(40-39-30)25-7-9-27(36)10-8-25/h3,6-10,13,17,19-22,29H,4-5,11-12,14-16,18,23-25H2,1-2H3,(H,46,47);3-11,17-18H,12-16,19-20H2,1-2H3,(H,38,46)(H,40,41);3-12,19,24H,13-18,20-21H2,1-2H3,(H,37,45)(H,39,40)/t41-;2*35-/m100/s1. The Kier molecular flexibility index (Phi) is 28.8. The number of aryl methyl sites for hydroxylation is 3. The van der Waals surface area contributed by atoms with E-state index >= 15 is 8.78 Å². The van der Waals surface area contributed by atoms with Gasteiger partial charge in [-0.25, -0.2) is 27.5 Å². The van der Waals surface area contributed by atoms with Crippen molar-refractivity contribution in [2.45, 2.75) is 108 Å². The Balaban J connectivity index is 0.000000134. The maximum atomic E-state index is 15.1. The van der Waals surface area contributed by atoms with Crippen molar-refractivity contribution in [3.8, 4) is 68.1 Å². The third kappa shape index (κ3) is 21.8. The number of amides is 5. The molecule has 7 aromatic heterocycles. The molecule has 0 radical (unpaired) electrons. The number of nitrogens with one attached hydrogen (secondary N) is 5. The fraction of sp³-hybridized carbons (Fsp3) is 0.333. The van der Waals surface area contributed by atoms with Crippen molar-refractivity contribution >= 4 is 90.5 Å². The summed E-state index contributed by atoms with van der Waals surface area (Å²) in [5.74, 6) is 1.14. The van der Waals surface area contributed by atoms with Gasteiger partial charge in [0.25, 0.3) is 11.8 Å². The lowest BCUT2D eigenvalue weighted by Gasteiger charge is -2.33. The smallest absolute Gasteiger partial charge is 0.258 e. The highest BCUT2D eigenvalue weighted by Crippen LogP contribution is 2.43. The molecule has 36 heteroatoms. The van der Waals surface area contributed by atoms with Gasteiger partial charge in [-0.2, -0.15) is 15.3 Å². The van der Waals surface area contributed by atoms with Crippen LogP contribution in [0.15, 0.2) is 216 Å². The summed E-state index contributed by atoms with van der Waals surface area (Å²) >= 11 is 0. The van der Waals surface area contributed by atoms with Crippen molar-refractivity contribution < 1.29 is 69.4 Å². The van der Waals surface area contributed by atoms with Crippen LogP contribution in [0.3, 0.4) is 0 Å². The zero-order valence-electron chi connectivity index (χ0n) is 82.3. The molecule has 22 rings (SSSR count). The Labute approximate surface area is 844 Å². The minimum absolute atomic E-state index is 0.0212. The van der Waals surface area contributed by atoms with Crippen LogP contribution in [0.5, 0.6) is 0 Å². The van der Waals surface area contributed by atoms with Gasteiger partial charge in [-0.15, -0.1) is 20.4 Å². The van der Waals surface area contributed by atoms with Crippen LogP contribution in [0.25, 0.3) is 112 Å². The molecule has 7 aliphatic rings. The normalized spacial score (nSPS) is 18.9. The average Bonchev–Trinajstić information content (AvgIpc) is 1.61. The molecule has 6 aliphatic heterocycles. The number of aromatic amines is 3. The number of pyridine rings is 1. The molecule has 754 valence electrons. The molecule has 3 atom stereocenters. The van der Waals surface area contributed by atoms with Gasteiger partial charge in [-0.1, -0.05) is 42.5 Å². The highest BCUT2D eigenvalue weighted by Gasteiger charge is 2.49. The van der Waals surface area contributed by atoms with E-state index in [9.17, 15) is 37.5 Å². The van der Waals surface area contributed by atoms with Gasteiger partial charge in [-0.3, -0.25) is 63.7 Å². The molecule has 1 saturated carbocycles. The van der Waals surface area contributed by atoms with Crippen molar-refractivity contribution in [1.82, 2.24) is 95.3 Å². The number of carbonyl (C=O) groups is 6. The van der Waals surface area contributed by atoms with Gasteiger partial charge >= 0.3 is 0 Å². The van der Waals surface area contributed by atoms with Crippen LogP contribution in [0.2, 0.25) is 0 Å². The summed E-state index contributed by atoms with van der Waals surface area (Å²) < 4.78 is 85.2. The summed E-state index contributed by atoms with van der Waals surface area (Å²) in [6, 6.07) is 51.5. The minimum atomic E-state index is -1.13. The number of ether oxygens (including phenoxy) is 3. The number of benzene rings is 8. The van der Waals surface area contributed by atoms with E-state index in [-0.39, 0.29) is 91.3 Å². The molecular formula is C111H111F4N21O11. The van der Waals surface area contributed by atoms with Crippen LogP contribution >= 0.6 is 0 Å². The number of piperidine rings is 1. The van der Waals surface area contributed by atoms with Gasteiger partial charge in [0, 0.05) is 205 Å². The Hall–Kier alpha value is -15.3. The van der Waals surface area contributed by atoms with Crippen LogP contribution in [0.1, 0.15) is 115 Å². The lowest BCUT2D eigenvalue weighted by atomic mass is 9.80. The van der Waals surface area contributed by atoms with Crippen molar-refractivity contribution in [3.63, 3.8) is 0 Å². The maximum absolute atomic E-state index is 15.1. The number of hydrogen-bond acceptors (Lipinski definition) is 24. The summed E-state index contributed by atoms with van der Waals surface area (Å²) in [6.07, 6.45) is 16.2. The topological polar surface area (TPSA) is 376 Å². The van der Waals surface area contributed by atoms with Gasteiger partial charge in [0.15, 0.2) is 17.0 Å². The second kappa shape index (κ2) is 42.8. The summed E-state index contributed by atoms with van der Waals surface area (Å²) in [7, 11) is 4.67. The predicted octanol–water partition coefficient (Wildman–Crippen LogP) is 16.5. The SMILES string of the molecule is COC[C@@]1(C(=O)Cc2ccc3[nH]nc(-c4ccnc(C5CC5)c4)c3c2)CCN(CC(=O)N2CC=C(c3ccc(-c4ncc(C)cn4)c(F)c3)CC2)C1.CO[C@@]1(C(=O)Nc2ccc3[nH]nc(-c4ccc(F)cc4)c3c2)CCN(CC(=O)N2CC=C(c3ccc(-c4nnc(C)o4)cc3F)CC2)C1.CO[C@@]1(C(=O)Nc2ccc3[nH]nc(-c4ccc(F)cc4)c3c2)CCN(CC(=O)N2CCC(c3ccc(-c4nnc(C)o4)cc3)CC2)C1. The fourth-order valence-electron chi connectivity index (χ4n) is 20.7. The van der Waals surface area contributed by atoms with Crippen LogP contribution in [0.4, 0.5) is 28.9 Å². The van der Waals surface area contributed by atoms with Crippen LogP contribution in [-0.4, -0.2) is 268 Å². The van der Waals surface area contributed by atoms with E-state index < -0.39 is 22.4 Å². The number of ketones is 1. The van der Waals surface area contributed by atoms with Gasteiger partial charge < -0.3 is 48.4 Å². The predicted molar refractivity (Wildman–Crippen MR) is 545 cm³/mol. The van der Waals surface area contributed by atoms with Crippen molar-refractivity contribution in [1.29, 1.82) is 0 Å². The number of fused-ring (bicyclic) bond motifs is 3. The van der Waals surface area contributed by atoms with E-state index in [2.05, 4.69) is 106 Å². The lowest BCUT2D eigenvalue weighted by Crippen LogP contribution is -2.48. The Morgan fingerprint density at radius 1 is 0.449 bits per heavy atom. The second-order valence-electron chi connectivity index (χ2n) is 39.0. The molecule has 147 heavy (non-hydrogen) atoms. The van der Waals surface area contributed by atoms with Crippen LogP contribution in [-0.2, 0) is 49.4 Å². The van der Waals surface area contributed by atoms with E-state index in [1.54, 1.807) is 92.8 Å². The van der Waals surface area contributed by atoms with Crippen LogP contribution in [0, 0.1) is 49.5 Å². The number of likely N-dealkylation sites (tertiary alicyclic amines) is 4. The summed E-state index contributed by atoms with van der Waals surface area (Å²) in [5.41, 5.74) is 14.5. The third-order valence-corrected chi connectivity index (χ3v) is 29.2. The molecule has 13 heterocycles. The van der Waals surface area contributed by atoms with E-state index in [1.807, 2.05) is 106 Å². The van der Waals surface area contributed by atoms with E-state index in [1.165, 1.54) is 69.0 Å². The number of Topliss-reactive ketones (excluding diaryl/α,β-unsaturated/α-hetero) is 1. The summed E-state index contributed by atoms with van der Waals surface area (Å²) in [4.78, 5) is 106. The molecule has 0 bridgehead atoms. The number of hydrogen-bond donors (Lipinski definition) is 5. The minimum Gasteiger partial charge on any atom is -0.421 e. The Bertz CT molecular complexity index is 7500.